The summed E-state index contributed by atoms with van der Waals surface area (Å²) in [5.74, 6) is 0.834. The van der Waals surface area contributed by atoms with Crippen LogP contribution >= 0.6 is 0 Å². The van der Waals surface area contributed by atoms with Gasteiger partial charge in [-0.2, -0.15) is 0 Å². The first-order valence-corrected chi connectivity index (χ1v) is 6.59. The topological polar surface area (TPSA) is 49.4 Å². The van der Waals surface area contributed by atoms with E-state index < -0.39 is 5.54 Å². The van der Waals surface area contributed by atoms with Crippen molar-refractivity contribution in [2.75, 3.05) is 6.54 Å². The largest absolute Gasteiger partial charge is 0.342 e. The molecule has 1 saturated heterocycles. The molecule has 1 N–H and O–H groups in total. The third-order valence-electron chi connectivity index (χ3n) is 3.97. The SMILES string of the molecule is CCC1NC(=O)C(C)(C)N(CCC2CC2)C1=O. The molecule has 2 aliphatic rings. The highest BCUT2D eigenvalue weighted by atomic mass is 16.2. The van der Waals surface area contributed by atoms with Gasteiger partial charge >= 0.3 is 0 Å². The van der Waals surface area contributed by atoms with Gasteiger partial charge in [-0.05, 0) is 32.6 Å². The van der Waals surface area contributed by atoms with Gasteiger partial charge in [0.05, 0.1) is 0 Å². The van der Waals surface area contributed by atoms with Crippen molar-refractivity contribution in [3.63, 3.8) is 0 Å². The van der Waals surface area contributed by atoms with Crippen LogP contribution in [0.1, 0.15) is 46.5 Å². The summed E-state index contributed by atoms with van der Waals surface area (Å²) in [7, 11) is 0. The second kappa shape index (κ2) is 4.31. The summed E-state index contributed by atoms with van der Waals surface area (Å²) in [5.41, 5.74) is -0.697. The molecule has 2 amide bonds. The van der Waals surface area contributed by atoms with Gasteiger partial charge in [-0.25, -0.2) is 0 Å². The maximum Gasteiger partial charge on any atom is 0.246 e. The maximum atomic E-state index is 12.3. The minimum absolute atomic E-state index is 0.0280. The lowest BCUT2D eigenvalue weighted by Gasteiger charge is -2.44. The quantitative estimate of drug-likeness (QED) is 0.802. The summed E-state index contributed by atoms with van der Waals surface area (Å²) < 4.78 is 0. The summed E-state index contributed by atoms with van der Waals surface area (Å²) in [6, 6.07) is -0.324. The first-order chi connectivity index (χ1) is 7.96. The molecule has 1 unspecified atom stereocenters. The van der Waals surface area contributed by atoms with Crippen LogP contribution < -0.4 is 5.32 Å². The third kappa shape index (κ3) is 2.31. The normalized spacial score (nSPS) is 28.2. The fraction of sp³-hybridized carbons (Fsp3) is 0.846. The van der Waals surface area contributed by atoms with Crippen molar-refractivity contribution < 1.29 is 9.59 Å². The average Bonchev–Trinajstić information content (AvgIpc) is 3.07. The van der Waals surface area contributed by atoms with E-state index in [-0.39, 0.29) is 17.9 Å². The predicted octanol–water partition coefficient (Wildman–Crippen LogP) is 1.30. The number of nitrogens with one attached hydrogen (secondary N) is 1. The Morgan fingerprint density at radius 1 is 1.35 bits per heavy atom. The Kier molecular flexibility index (Phi) is 3.15. The number of carbonyl (C=O) groups is 2. The van der Waals surface area contributed by atoms with Crippen LogP contribution in [0.2, 0.25) is 0 Å². The third-order valence-corrected chi connectivity index (χ3v) is 3.97. The Morgan fingerprint density at radius 3 is 2.53 bits per heavy atom. The van der Waals surface area contributed by atoms with E-state index in [1.165, 1.54) is 12.8 Å². The monoisotopic (exact) mass is 238 g/mol. The number of amides is 2. The fourth-order valence-corrected chi connectivity index (χ4v) is 2.37. The molecule has 1 saturated carbocycles. The molecule has 0 aromatic rings. The number of nitrogens with zero attached hydrogens (tertiary/aromatic N) is 1. The lowest BCUT2D eigenvalue weighted by Crippen LogP contribution is -2.68. The smallest absolute Gasteiger partial charge is 0.246 e. The summed E-state index contributed by atoms with van der Waals surface area (Å²) >= 11 is 0. The van der Waals surface area contributed by atoms with Crippen LogP contribution in [0, 0.1) is 5.92 Å². The van der Waals surface area contributed by atoms with Gasteiger partial charge in [0, 0.05) is 6.54 Å². The highest BCUT2D eigenvalue weighted by Crippen LogP contribution is 2.34. The zero-order chi connectivity index (χ0) is 12.6. The van der Waals surface area contributed by atoms with E-state index in [1.54, 1.807) is 4.90 Å². The van der Waals surface area contributed by atoms with Gasteiger partial charge in [-0.1, -0.05) is 19.8 Å². The number of rotatable bonds is 4. The maximum absolute atomic E-state index is 12.3. The lowest BCUT2D eigenvalue weighted by atomic mass is 9.94. The number of hydrogen-bond donors (Lipinski definition) is 1. The molecule has 0 aromatic heterocycles. The fourth-order valence-electron chi connectivity index (χ4n) is 2.37. The van der Waals surface area contributed by atoms with E-state index in [1.807, 2.05) is 20.8 Å². The molecule has 1 aliphatic carbocycles. The molecule has 0 radical (unpaired) electrons. The van der Waals surface area contributed by atoms with Gasteiger partial charge in [-0.3, -0.25) is 9.59 Å². The van der Waals surface area contributed by atoms with Gasteiger partial charge < -0.3 is 10.2 Å². The molecule has 2 fully saturated rings. The minimum atomic E-state index is -0.697. The van der Waals surface area contributed by atoms with Gasteiger partial charge in [0.2, 0.25) is 11.8 Å². The van der Waals surface area contributed by atoms with Crippen molar-refractivity contribution in [3.8, 4) is 0 Å². The first kappa shape index (κ1) is 12.4. The van der Waals surface area contributed by atoms with E-state index in [0.29, 0.717) is 6.42 Å². The Labute approximate surface area is 103 Å². The van der Waals surface area contributed by atoms with Gasteiger partial charge in [0.15, 0.2) is 0 Å². The molecule has 0 bridgehead atoms. The summed E-state index contributed by atoms with van der Waals surface area (Å²) in [5, 5.41) is 2.81. The van der Waals surface area contributed by atoms with Crippen LogP contribution in [0.15, 0.2) is 0 Å². The Hall–Kier alpha value is -1.06. The summed E-state index contributed by atoms with van der Waals surface area (Å²) in [6.07, 6.45) is 4.27. The zero-order valence-electron chi connectivity index (χ0n) is 11.0. The van der Waals surface area contributed by atoms with Crippen LogP contribution in [-0.2, 0) is 9.59 Å². The Morgan fingerprint density at radius 2 is 2.00 bits per heavy atom. The molecule has 1 heterocycles. The Balaban J connectivity index is 2.09. The molecular weight excluding hydrogens is 216 g/mol. The van der Waals surface area contributed by atoms with Gasteiger partial charge in [0.1, 0.15) is 11.6 Å². The molecule has 1 atom stereocenters. The number of piperazine rings is 1. The van der Waals surface area contributed by atoms with E-state index in [0.717, 1.165) is 18.9 Å². The second-order valence-electron chi connectivity index (χ2n) is 5.72. The molecule has 17 heavy (non-hydrogen) atoms. The van der Waals surface area contributed by atoms with Crippen molar-refractivity contribution in [2.24, 2.45) is 5.92 Å². The van der Waals surface area contributed by atoms with Crippen LogP contribution in [0.3, 0.4) is 0 Å². The Bertz CT molecular complexity index is 334. The van der Waals surface area contributed by atoms with Crippen molar-refractivity contribution in [2.45, 2.75) is 58.0 Å². The van der Waals surface area contributed by atoms with Crippen LogP contribution in [-0.4, -0.2) is 34.8 Å². The molecular formula is C13H22N2O2. The van der Waals surface area contributed by atoms with E-state index in [2.05, 4.69) is 5.32 Å². The predicted molar refractivity (Wildman–Crippen MR) is 65.4 cm³/mol. The summed E-state index contributed by atoms with van der Waals surface area (Å²) in [6.45, 7) is 6.32. The molecule has 4 heteroatoms. The average molecular weight is 238 g/mol. The summed E-state index contributed by atoms with van der Waals surface area (Å²) in [4.78, 5) is 26.0. The number of carbonyl (C=O) groups excluding carboxylic acids is 2. The van der Waals surface area contributed by atoms with Crippen molar-refractivity contribution in [1.29, 1.82) is 0 Å². The van der Waals surface area contributed by atoms with E-state index in [9.17, 15) is 9.59 Å². The molecule has 2 rings (SSSR count). The van der Waals surface area contributed by atoms with Gasteiger partial charge in [0.25, 0.3) is 0 Å². The highest BCUT2D eigenvalue weighted by Gasteiger charge is 2.45. The van der Waals surface area contributed by atoms with Crippen LogP contribution in [0.4, 0.5) is 0 Å². The van der Waals surface area contributed by atoms with Crippen molar-refractivity contribution >= 4 is 11.8 Å². The van der Waals surface area contributed by atoms with Crippen molar-refractivity contribution in [3.05, 3.63) is 0 Å². The number of hydrogen-bond acceptors (Lipinski definition) is 2. The molecule has 96 valence electrons. The zero-order valence-corrected chi connectivity index (χ0v) is 11.0. The standard InChI is InChI=1S/C13H22N2O2/c1-4-10-11(16)15(8-7-9-5-6-9)13(2,3)12(17)14-10/h9-10H,4-8H2,1-3H3,(H,14,17). The van der Waals surface area contributed by atoms with E-state index >= 15 is 0 Å². The molecule has 0 spiro atoms. The van der Waals surface area contributed by atoms with Crippen molar-refractivity contribution in [1.82, 2.24) is 10.2 Å². The highest BCUT2D eigenvalue weighted by molar-refractivity contribution is 5.99. The second-order valence-corrected chi connectivity index (χ2v) is 5.72. The van der Waals surface area contributed by atoms with Gasteiger partial charge in [-0.15, -0.1) is 0 Å². The minimum Gasteiger partial charge on any atom is -0.342 e. The van der Waals surface area contributed by atoms with Crippen LogP contribution in [0.5, 0.6) is 0 Å². The lowest BCUT2D eigenvalue weighted by molar-refractivity contribution is -0.155. The molecule has 0 aromatic carbocycles. The molecule has 4 nitrogen and oxygen atoms in total. The molecule has 1 aliphatic heterocycles. The van der Waals surface area contributed by atoms with Crippen LogP contribution in [0.25, 0.3) is 0 Å². The van der Waals surface area contributed by atoms with E-state index in [4.69, 9.17) is 0 Å². The first-order valence-electron chi connectivity index (χ1n) is 6.59.